The van der Waals surface area contributed by atoms with E-state index < -0.39 is 0 Å². The molecule has 0 saturated heterocycles. The average molecular weight is 202 g/mol. The fourth-order valence-electron chi connectivity index (χ4n) is 0.553. The third-order valence-electron chi connectivity index (χ3n) is 0.986. The summed E-state index contributed by atoms with van der Waals surface area (Å²) in [7, 11) is 0. The van der Waals surface area contributed by atoms with Crippen molar-refractivity contribution in [2.24, 2.45) is 0 Å². The van der Waals surface area contributed by atoms with E-state index in [-0.39, 0.29) is 24.3 Å². The standard InChI is InChI=1S/2C3H7.In.H/c2*1-3-2;;/h2*1,3H2,2H3;;/q;;;-1. The van der Waals surface area contributed by atoms with Crippen molar-refractivity contribution in [2.75, 3.05) is 0 Å². The van der Waals surface area contributed by atoms with E-state index in [4.69, 9.17) is 0 Å². The molecular weight excluding hydrogens is 187 g/mol. The van der Waals surface area contributed by atoms with Crippen molar-refractivity contribution in [3.05, 3.63) is 0 Å². The monoisotopic (exact) mass is 202 g/mol. The minimum Gasteiger partial charge on any atom is -1.00 e. The summed E-state index contributed by atoms with van der Waals surface area (Å²) in [5.74, 6) is 0. The molecule has 0 aliphatic rings. The predicted molar refractivity (Wildman–Crippen MR) is 37.1 cm³/mol. The summed E-state index contributed by atoms with van der Waals surface area (Å²) in [5, 5.41) is 0. The van der Waals surface area contributed by atoms with E-state index in [0.29, 0.717) is 0 Å². The van der Waals surface area contributed by atoms with Crippen molar-refractivity contribution < 1.29 is 1.43 Å². The SMILES string of the molecule is CC[CH2][In][CH2]CC.[H-]. The molecule has 0 bridgehead atoms. The molecular formula is C6H15In-. The quantitative estimate of drug-likeness (QED) is 0.614. The number of hydrogen-bond donors (Lipinski definition) is 0. The number of hydrogen-bond acceptors (Lipinski definition) is 0. The first-order valence-corrected chi connectivity index (χ1v) is 7.89. The Balaban J connectivity index is 0. The minimum absolute atomic E-state index is 0. The molecule has 0 N–H and O–H groups in total. The van der Waals surface area contributed by atoms with Crippen molar-refractivity contribution in [3.63, 3.8) is 0 Å². The van der Waals surface area contributed by atoms with E-state index in [9.17, 15) is 0 Å². The van der Waals surface area contributed by atoms with Gasteiger partial charge in [-0.3, -0.25) is 0 Å². The summed E-state index contributed by atoms with van der Waals surface area (Å²) < 4.78 is 3.23. The molecule has 0 saturated carbocycles. The van der Waals surface area contributed by atoms with Crippen LogP contribution in [0.15, 0.2) is 0 Å². The first-order chi connectivity index (χ1) is 3.41. The molecule has 0 aromatic rings. The molecule has 0 aliphatic carbocycles. The second kappa shape index (κ2) is 6.87. The summed E-state index contributed by atoms with van der Waals surface area (Å²) >= 11 is 0.0336. The largest absolute Gasteiger partial charge is 1.00 e. The van der Waals surface area contributed by atoms with Crippen molar-refractivity contribution >= 4 is 22.9 Å². The van der Waals surface area contributed by atoms with Crippen LogP contribution in [0, 0.1) is 0 Å². The van der Waals surface area contributed by atoms with E-state index in [1.165, 1.54) is 12.8 Å². The van der Waals surface area contributed by atoms with E-state index in [1.807, 2.05) is 0 Å². The van der Waals surface area contributed by atoms with Gasteiger partial charge < -0.3 is 1.43 Å². The third kappa shape index (κ3) is 6.87. The fraction of sp³-hybridized carbons (Fsp3) is 1.00. The Hall–Kier alpha value is 0.870. The first kappa shape index (κ1) is 7.87. The zero-order valence-corrected chi connectivity index (χ0v) is 8.70. The Bertz CT molecular complexity index is 27.7. The Morgan fingerprint density at radius 3 is 1.86 bits per heavy atom. The summed E-state index contributed by atoms with van der Waals surface area (Å²) in [5.41, 5.74) is 0. The minimum atomic E-state index is 0. The average Bonchev–Trinajstić information content (AvgIpc) is 1.69. The van der Waals surface area contributed by atoms with Gasteiger partial charge >= 0.3 is 58.0 Å². The molecule has 0 aliphatic heterocycles. The second-order valence-electron chi connectivity index (χ2n) is 1.87. The molecule has 0 amide bonds. The Morgan fingerprint density at radius 1 is 1.14 bits per heavy atom. The third-order valence-corrected chi connectivity index (χ3v) is 6.61. The van der Waals surface area contributed by atoms with Gasteiger partial charge in [0.2, 0.25) is 0 Å². The smallest absolute Gasteiger partial charge is 1.00 e. The van der Waals surface area contributed by atoms with Crippen LogP contribution >= 0.6 is 0 Å². The van der Waals surface area contributed by atoms with E-state index in [1.54, 1.807) is 8.35 Å². The molecule has 43 valence electrons. The van der Waals surface area contributed by atoms with Gasteiger partial charge in [0.05, 0.1) is 0 Å². The maximum absolute atomic E-state index is 2.29. The summed E-state index contributed by atoms with van der Waals surface area (Å²) in [6, 6.07) is 0. The van der Waals surface area contributed by atoms with Gasteiger partial charge in [0.15, 0.2) is 0 Å². The van der Waals surface area contributed by atoms with Crippen molar-refractivity contribution in [1.82, 2.24) is 0 Å². The van der Waals surface area contributed by atoms with Crippen LogP contribution in [0.5, 0.6) is 0 Å². The maximum atomic E-state index is 2.29. The van der Waals surface area contributed by atoms with Crippen molar-refractivity contribution in [1.29, 1.82) is 0 Å². The van der Waals surface area contributed by atoms with Crippen molar-refractivity contribution in [2.45, 2.75) is 35.0 Å². The van der Waals surface area contributed by atoms with Gasteiger partial charge in [0, 0.05) is 0 Å². The zero-order valence-electron chi connectivity index (χ0n) is 6.41. The molecule has 0 aromatic heterocycles. The topological polar surface area (TPSA) is 0 Å². The van der Waals surface area contributed by atoms with E-state index >= 15 is 0 Å². The van der Waals surface area contributed by atoms with Crippen LogP contribution in [-0.4, -0.2) is 22.9 Å². The van der Waals surface area contributed by atoms with Gasteiger partial charge in [0.25, 0.3) is 0 Å². The van der Waals surface area contributed by atoms with Crippen LogP contribution < -0.4 is 0 Å². The molecule has 0 fully saturated rings. The molecule has 0 nitrogen and oxygen atoms in total. The number of rotatable bonds is 4. The van der Waals surface area contributed by atoms with Crippen LogP contribution in [0.25, 0.3) is 0 Å². The molecule has 1 radical (unpaired) electrons. The van der Waals surface area contributed by atoms with Crippen LogP contribution in [0.2, 0.25) is 8.35 Å². The van der Waals surface area contributed by atoms with Crippen LogP contribution in [0.1, 0.15) is 28.1 Å². The Morgan fingerprint density at radius 2 is 1.57 bits per heavy atom. The van der Waals surface area contributed by atoms with Gasteiger partial charge in [-0.25, -0.2) is 0 Å². The zero-order chi connectivity index (χ0) is 5.54. The fourth-order valence-corrected chi connectivity index (χ4v) is 3.71. The van der Waals surface area contributed by atoms with Crippen LogP contribution in [-0.2, 0) is 0 Å². The molecule has 0 spiro atoms. The second-order valence-corrected chi connectivity index (χ2v) is 6.81. The van der Waals surface area contributed by atoms with E-state index in [0.717, 1.165) is 0 Å². The predicted octanol–water partition coefficient (Wildman–Crippen LogP) is 2.46. The van der Waals surface area contributed by atoms with Gasteiger partial charge in [0.1, 0.15) is 0 Å². The molecule has 0 unspecified atom stereocenters. The first-order valence-electron chi connectivity index (χ1n) is 3.23. The molecule has 0 rings (SSSR count). The summed E-state index contributed by atoms with van der Waals surface area (Å²) in [4.78, 5) is 0. The van der Waals surface area contributed by atoms with Gasteiger partial charge in [-0.2, -0.15) is 0 Å². The summed E-state index contributed by atoms with van der Waals surface area (Å²) in [6.07, 6.45) is 2.89. The van der Waals surface area contributed by atoms with Crippen LogP contribution in [0.3, 0.4) is 0 Å². The normalized spacial score (nSPS) is 8.86. The van der Waals surface area contributed by atoms with Gasteiger partial charge in [-0.05, 0) is 0 Å². The summed E-state index contributed by atoms with van der Waals surface area (Å²) in [6.45, 7) is 4.59. The van der Waals surface area contributed by atoms with Gasteiger partial charge in [-0.1, -0.05) is 0 Å². The van der Waals surface area contributed by atoms with E-state index in [2.05, 4.69) is 13.8 Å². The Labute approximate surface area is 59.5 Å². The molecule has 7 heavy (non-hydrogen) atoms. The molecule has 0 aromatic carbocycles. The van der Waals surface area contributed by atoms with Crippen LogP contribution in [0.4, 0.5) is 0 Å². The molecule has 1 heteroatoms. The Kier molecular flexibility index (Phi) is 7.72. The van der Waals surface area contributed by atoms with Crippen molar-refractivity contribution in [3.8, 4) is 0 Å². The van der Waals surface area contributed by atoms with Gasteiger partial charge in [-0.15, -0.1) is 0 Å². The molecule has 0 heterocycles. The molecule has 0 atom stereocenters. The maximum Gasteiger partial charge on any atom is -1.00 e.